The van der Waals surface area contributed by atoms with Gasteiger partial charge in [0.25, 0.3) is 0 Å². The van der Waals surface area contributed by atoms with Crippen molar-refractivity contribution in [1.82, 2.24) is 4.98 Å². The van der Waals surface area contributed by atoms with Crippen molar-refractivity contribution in [2.45, 2.75) is 19.3 Å². The number of nitrogens with zero attached hydrogens (tertiary/aromatic N) is 2. The molecule has 1 aliphatic heterocycles. The Labute approximate surface area is 148 Å². The van der Waals surface area contributed by atoms with E-state index < -0.39 is 0 Å². The average molecular weight is 340 g/mol. The topological polar surface area (TPSA) is 62.7 Å². The fourth-order valence-electron chi connectivity index (χ4n) is 3.06. The second-order valence-electron chi connectivity index (χ2n) is 6.32. The normalized spacial score (nSPS) is 15.2. The summed E-state index contributed by atoms with van der Waals surface area (Å²) in [6, 6.07) is 12.0. The molecule has 132 valence electrons. The molecule has 0 unspecified atom stereocenters. The number of aromatic nitrogens is 1. The largest absolute Gasteiger partial charge is 0.493 e. The number of pyridine rings is 1. The highest BCUT2D eigenvalue weighted by molar-refractivity contribution is 5.68. The molecule has 5 heteroatoms. The van der Waals surface area contributed by atoms with E-state index in [2.05, 4.69) is 22.0 Å². The van der Waals surface area contributed by atoms with Gasteiger partial charge in [-0.2, -0.15) is 0 Å². The fraction of sp³-hybridized carbons (Fsp3) is 0.400. The van der Waals surface area contributed by atoms with Crippen LogP contribution in [0.5, 0.6) is 5.75 Å². The van der Waals surface area contributed by atoms with Crippen LogP contribution in [0.2, 0.25) is 0 Å². The summed E-state index contributed by atoms with van der Waals surface area (Å²) in [6.07, 6.45) is 5.31. The van der Waals surface area contributed by atoms with Gasteiger partial charge < -0.3 is 19.5 Å². The van der Waals surface area contributed by atoms with Gasteiger partial charge in [-0.25, -0.2) is 4.98 Å². The highest BCUT2D eigenvalue weighted by Gasteiger charge is 2.19. The van der Waals surface area contributed by atoms with E-state index in [1.54, 1.807) is 0 Å². The molecule has 0 radical (unpaired) electrons. The van der Waals surface area contributed by atoms with Crippen molar-refractivity contribution in [2.75, 3.05) is 31.2 Å². The Morgan fingerprint density at radius 1 is 1.20 bits per heavy atom. The first kappa shape index (κ1) is 17.4. The number of aldehydes is 1. The molecule has 0 aliphatic carbocycles. The summed E-state index contributed by atoms with van der Waals surface area (Å²) in [4.78, 5) is 17.7. The van der Waals surface area contributed by atoms with Gasteiger partial charge in [-0.15, -0.1) is 0 Å². The van der Waals surface area contributed by atoms with Crippen molar-refractivity contribution in [1.29, 1.82) is 0 Å². The lowest BCUT2D eigenvalue weighted by Gasteiger charge is -2.30. The molecule has 3 rings (SSSR count). The van der Waals surface area contributed by atoms with Crippen LogP contribution < -0.4 is 9.64 Å². The lowest BCUT2D eigenvalue weighted by atomic mass is 9.98. The van der Waals surface area contributed by atoms with Gasteiger partial charge in [0.2, 0.25) is 0 Å². The minimum absolute atomic E-state index is 0.133. The van der Waals surface area contributed by atoms with Crippen LogP contribution in [0.4, 0.5) is 5.82 Å². The molecule has 0 saturated carbocycles. The van der Waals surface area contributed by atoms with Crippen LogP contribution in [0.1, 0.15) is 19.3 Å². The first-order valence-electron chi connectivity index (χ1n) is 8.80. The predicted octanol–water partition coefficient (Wildman–Crippen LogP) is 2.93. The average Bonchev–Trinajstić information content (AvgIpc) is 2.69. The number of carbonyl (C=O) groups excluding carboxylic acids is 1. The molecule has 1 fully saturated rings. The van der Waals surface area contributed by atoms with E-state index in [1.165, 1.54) is 0 Å². The van der Waals surface area contributed by atoms with Crippen LogP contribution >= 0.6 is 0 Å². The molecule has 1 aromatic carbocycles. The third-order valence-electron chi connectivity index (χ3n) is 4.54. The Hall–Kier alpha value is -2.40. The Bertz CT molecular complexity index is 697. The Balaban J connectivity index is 1.73. The quantitative estimate of drug-likeness (QED) is 0.620. The number of ether oxygens (including phenoxy) is 1. The smallest absolute Gasteiger partial charge is 0.129 e. The molecule has 0 amide bonds. The van der Waals surface area contributed by atoms with Gasteiger partial charge in [0, 0.05) is 38.2 Å². The van der Waals surface area contributed by atoms with Gasteiger partial charge in [0.1, 0.15) is 17.9 Å². The predicted molar refractivity (Wildman–Crippen MR) is 97.9 cm³/mol. The van der Waals surface area contributed by atoms with Gasteiger partial charge in [-0.1, -0.05) is 12.1 Å². The van der Waals surface area contributed by atoms with Crippen LogP contribution in [0.3, 0.4) is 0 Å². The zero-order valence-corrected chi connectivity index (χ0v) is 14.3. The molecule has 1 aliphatic rings. The number of benzene rings is 1. The molecule has 1 saturated heterocycles. The van der Waals surface area contributed by atoms with E-state index in [9.17, 15) is 4.79 Å². The van der Waals surface area contributed by atoms with E-state index in [1.807, 2.05) is 30.5 Å². The number of rotatable bonds is 7. The molecule has 2 heterocycles. The molecule has 2 aromatic rings. The van der Waals surface area contributed by atoms with Crippen LogP contribution in [0.15, 0.2) is 42.6 Å². The summed E-state index contributed by atoms with van der Waals surface area (Å²) in [5, 5.41) is 8.85. The summed E-state index contributed by atoms with van der Waals surface area (Å²) < 4.78 is 5.66. The number of piperidine rings is 1. The van der Waals surface area contributed by atoms with Crippen molar-refractivity contribution in [3.05, 3.63) is 42.6 Å². The minimum Gasteiger partial charge on any atom is -0.493 e. The van der Waals surface area contributed by atoms with Crippen molar-refractivity contribution in [3.63, 3.8) is 0 Å². The first-order valence-corrected chi connectivity index (χ1v) is 8.80. The summed E-state index contributed by atoms with van der Waals surface area (Å²) in [5.41, 5.74) is 2.17. The molecular formula is C20H24N2O3. The summed E-state index contributed by atoms with van der Waals surface area (Å²) in [6.45, 7) is 2.37. The second kappa shape index (κ2) is 8.62. The van der Waals surface area contributed by atoms with Gasteiger partial charge in [0.15, 0.2) is 0 Å². The van der Waals surface area contributed by atoms with Crippen molar-refractivity contribution >= 4 is 12.1 Å². The summed E-state index contributed by atoms with van der Waals surface area (Å²) >= 11 is 0. The van der Waals surface area contributed by atoms with Crippen molar-refractivity contribution in [3.8, 4) is 16.9 Å². The zero-order valence-electron chi connectivity index (χ0n) is 14.3. The van der Waals surface area contributed by atoms with Gasteiger partial charge >= 0.3 is 0 Å². The molecular weight excluding hydrogens is 316 g/mol. The number of hydrogen-bond acceptors (Lipinski definition) is 5. The van der Waals surface area contributed by atoms with E-state index >= 15 is 0 Å². The number of carbonyl (C=O) groups is 1. The first-order chi connectivity index (χ1) is 12.3. The highest BCUT2D eigenvalue weighted by atomic mass is 16.5. The van der Waals surface area contributed by atoms with Gasteiger partial charge in [-0.05, 0) is 48.2 Å². The van der Waals surface area contributed by atoms with Crippen LogP contribution in [0, 0.1) is 5.92 Å². The van der Waals surface area contributed by atoms with E-state index in [0.29, 0.717) is 13.0 Å². The van der Waals surface area contributed by atoms with E-state index in [-0.39, 0.29) is 12.5 Å². The maximum atomic E-state index is 10.9. The van der Waals surface area contributed by atoms with E-state index in [0.717, 1.165) is 54.9 Å². The van der Waals surface area contributed by atoms with Crippen LogP contribution in [0.25, 0.3) is 11.1 Å². The van der Waals surface area contributed by atoms with Crippen molar-refractivity contribution < 1.29 is 14.6 Å². The third-order valence-corrected chi connectivity index (χ3v) is 4.54. The Morgan fingerprint density at radius 3 is 2.76 bits per heavy atom. The minimum atomic E-state index is 0.133. The molecule has 0 atom stereocenters. The zero-order chi connectivity index (χ0) is 17.5. The maximum Gasteiger partial charge on any atom is 0.129 e. The number of aliphatic hydroxyl groups excluding tert-OH is 1. The van der Waals surface area contributed by atoms with E-state index in [4.69, 9.17) is 9.84 Å². The van der Waals surface area contributed by atoms with Crippen LogP contribution in [-0.4, -0.2) is 42.7 Å². The Kier molecular flexibility index (Phi) is 6.01. The van der Waals surface area contributed by atoms with Gasteiger partial charge in [-0.3, -0.25) is 0 Å². The lowest BCUT2D eigenvalue weighted by molar-refractivity contribution is -0.111. The molecule has 25 heavy (non-hydrogen) atoms. The second-order valence-corrected chi connectivity index (χ2v) is 6.32. The lowest BCUT2D eigenvalue weighted by Crippen LogP contribution is -2.34. The molecule has 5 nitrogen and oxygen atoms in total. The molecule has 0 spiro atoms. The maximum absolute atomic E-state index is 10.9. The highest BCUT2D eigenvalue weighted by Crippen LogP contribution is 2.28. The molecule has 1 aromatic heterocycles. The monoisotopic (exact) mass is 340 g/mol. The summed E-state index contributed by atoms with van der Waals surface area (Å²) in [5.74, 6) is 1.94. The van der Waals surface area contributed by atoms with Crippen molar-refractivity contribution in [2.24, 2.45) is 5.92 Å². The summed E-state index contributed by atoms with van der Waals surface area (Å²) in [7, 11) is 0. The number of hydrogen-bond donors (Lipinski definition) is 1. The number of anilines is 1. The third kappa shape index (κ3) is 4.57. The SMILES string of the molecule is O=CC1CCN(c2cc(-c3cccc(OCCCO)c3)ccn2)CC1. The molecule has 1 N–H and O–H groups in total. The van der Waals surface area contributed by atoms with Crippen LogP contribution in [-0.2, 0) is 4.79 Å². The Morgan fingerprint density at radius 2 is 2.00 bits per heavy atom. The fourth-order valence-corrected chi connectivity index (χ4v) is 3.06. The molecule has 0 bridgehead atoms. The van der Waals surface area contributed by atoms with Gasteiger partial charge in [0.05, 0.1) is 6.61 Å². The standard InChI is InChI=1S/C20H24N2O3/c23-11-2-12-25-19-4-1-3-17(13-19)18-5-8-21-20(14-18)22-9-6-16(15-24)7-10-22/h1,3-5,8,13-16,23H,2,6-7,9-12H2. The number of aliphatic hydroxyl groups is 1.